The van der Waals surface area contributed by atoms with Gasteiger partial charge in [-0.3, -0.25) is 9.99 Å². The quantitative estimate of drug-likeness (QED) is 0.184. The van der Waals surface area contributed by atoms with Gasteiger partial charge in [0.05, 0.1) is 33.1 Å². The van der Waals surface area contributed by atoms with E-state index in [2.05, 4.69) is 52.6 Å². The number of anilines is 3. The molecule has 2 aromatic heterocycles. The molecule has 0 unspecified atom stereocenters. The molecule has 4 aromatic rings. The monoisotopic (exact) mass is 574 g/mol. The van der Waals surface area contributed by atoms with Gasteiger partial charge in [0, 0.05) is 50.5 Å². The number of nitriles is 2. The smallest absolute Gasteiger partial charge is 0.104 e. The number of nitrogens with one attached hydrogen (secondary N) is 4. The summed E-state index contributed by atoms with van der Waals surface area (Å²) in [7, 11) is 0. The number of nitrogens with zero attached hydrogens (tertiary/aromatic N) is 4. The Morgan fingerprint density at radius 1 is 1.05 bits per heavy atom. The van der Waals surface area contributed by atoms with Gasteiger partial charge in [-0.25, -0.2) is 0 Å². The van der Waals surface area contributed by atoms with Gasteiger partial charge in [-0.1, -0.05) is 29.3 Å². The molecular weight excluding hydrogens is 551 g/mol. The van der Waals surface area contributed by atoms with Crippen LogP contribution in [-0.4, -0.2) is 16.0 Å². The molecule has 5 rings (SSSR count). The van der Waals surface area contributed by atoms with Crippen LogP contribution in [0.5, 0.6) is 0 Å². The van der Waals surface area contributed by atoms with E-state index in [9.17, 15) is 10.5 Å². The highest BCUT2D eigenvalue weighted by molar-refractivity contribution is 7.10. The van der Waals surface area contributed by atoms with Crippen molar-refractivity contribution in [3.63, 3.8) is 0 Å². The van der Waals surface area contributed by atoms with Crippen molar-refractivity contribution < 1.29 is 0 Å². The maximum atomic E-state index is 9.87. The molecule has 39 heavy (non-hydrogen) atoms. The first-order valence-electron chi connectivity index (χ1n) is 12.1. The second-order valence-electron chi connectivity index (χ2n) is 9.35. The van der Waals surface area contributed by atoms with Gasteiger partial charge in [-0.05, 0) is 56.7 Å². The summed E-state index contributed by atoms with van der Waals surface area (Å²) in [5, 5.41) is 31.7. The average molecular weight is 576 g/mol. The van der Waals surface area contributed by atoms with Crippen molar-refractivity contribution in [2.75, 3.05) is 10.6 Å². The summed E-state index contributed by atoms with van der Waals surface area (Å²) in [5.41, 5.74) is 11.8. The van der Waals surface area contributed by atoms with Crippen LogP contribution in [0.25, 0.3) is 10.9 Å². The Balaban J connectivity index is 1.59. The van der Waals surface area contributed by atoms with Gasteiger partial charge in [0.25, 0.3) is 0 Å². The normalized spacial score (nSPS) is 13.5. The summed E-state index contributed by atoms with van der Waals surface area (Å²) in [4.78, 5) is 5.41. The molecule has 0 saturated heterocycles. The fourth-order valence-electron chi connectivity index (χ4n) is 4.18. The van der Waals surface area contributed by atoms with E-state index >= 15 is 0 Å². The summed E-state index contributed by atoms with van der Waals surface area (Å²) in [6, 6.07) is 15.6. The predicted molar refractivity (Wildman–Crippen MR) is 158 cm³/mol. The molecule has 8 nitrogen and oxygen atoms in total. The largest absolute Gasteiger partial charge is 0.372 e. The lowest BCUT2D eigenvalue weighted by Crippen LogP contribution is -2.41. The second-order valence-corrected chi connectivity index (χ2v) is 11.1. The van der Waals surface area contributed by atoms with E-state index in [4.69, 9.17) is 23.2 Å². The number of pyridine rings is 1. The maximum Gasteiger partial charge on any atom is 0.104 e. The number of halogens is 2. The molecule has 4 N–H and O–H groups in total. The zero-order valence-electron chi connectivity index (χ0n) is 21.3. The lowest BCUT2D eigenvalue weighted by atomic mass is 10.1. The van der Waals surface area contributed by atoms with Crippen LogP contribution < -0.4 is 21.6 Å². The van der Waals surface area contributed by atoms with E-state index in [1.807, 2.05) is 59.9 Å². The molecule has 1 aliphatic heterocycles. The molecule has 0 saturated carbocycles. The third-order valence-electron chi connectivity index (χ3n) is 6.31. The van der Waals surface area contributed by atoms with E-state index in [0.29, 0.717) is 37.8 Å². The highest BCUT2D eigenvalue weighted by atomic mass is 35.5. The fourth-order valence-corrected chi connectivity index (χ4v) is 5.53. The van der Waals surface area contributed by atoms with Crippen molar-refractivity contribution in [1.29, 1.82) is 10.5 Å². The van der Waals surface area contributed by atoms with Crippen molar-refractivity contribution in [3.05, 3.63) is 91.5 Å². The van der Waals surface area contributed by atoms with E-state index < -0.39 is 0 Å². The minimum atomic E-state index is -0.304. The van der Waals surface area contributed by atoms with Gasteiger partial charge in [-0.2, -0.15) is 10.5 Å². The molecule has 0 aliphatic carbocycles. The Labute approximate surface area is 240 Å². The van der Waals surface area contributed by atoms with Crippen LogP contribution >= 0.6 is 34.5 Å². The zero-order chi connectivity index (χ0) is 27.7. The number of hydrazine groups is 2. The lowest BCUT2D eigenvalue weighted by molar-refractivity contribution is 0.221. The molecule has 2 aromatic carbocycles. The van der Waals surface area contributed by atoms with Gasteiger partial charge >= 0.3 is 0 Å². The van der Waals surface area contributed by atoms with Gasteiger partial charge < -0.3 is 16.1 Å². The molecule has 0 spiro atoms. The van der Waals surface area contributed by atoms with Crippen LogP contribution in [0.2, 0.25) is 10.0 Å². The van der Waals surface area contributed by atoms with E-state index in [1.165, 1.54) is 17.5 Å². The maximum absolute atomic E-state index is 9.87. The predicted octanol–water partition coefficient (Wildman–Crippen LogP) is 7.13. The highest BCUT2D eigenvalue weighted by Gasteiger charge is 2.25. The van der Waals surface area contributed by atoms with E-state index in [0.717, 1.165) is 27.5 Å². The second kappa shape index (κ2) is 11.0. The summed E-state index contributed by atoms with van der Waals surface area (Å²) < 4.78 is 0. The molecular formula is C28H24Cl2N8S. The Hall–Kier alpha value is -3.99. The molecule has 3 heterocycles. The Bertz CT molecular complexity index is 1680. The first kappa shape index (κ1) is 26.6. The summed E-state index contributed by atoms with van der Waals surface area (Å²) >= 11 is 14.6. The fraction of sp³-hybridized carbons (Fsp3) is 0.179. The topological polar surface area (TPSA) is 112 Å². The van der Waals surface area contributed by atoms with Crippen molar-refractivity contribution in [2.24, 2.45) is 0 Å². The first-order chi connectivity index (χ1) is 18.8. The summed E-state index contributed by atoms with van der Waals surface area (Å²) in [5.74, 6) is 0. The SMILES string of the molecule is Cc1ccc(Nc2c(C#N)cnc3c(Cl)cc(N[C@H](C4=CN(C(C)C)NN4)c4cc(C#N)cs4)cc23)cc1Cl. The molecule has 1 atom stereocenters. The number of benzene rings is 2. The number of aryl methyl sites for hydroxylation is 1. The minimum absolute atomic E-state index is 0.225. The Morgan fingerprint density at radius 3 is 2.51 bits per heavy atom. The third-order valence-corrected chi connectivity index (χ3v) is 8.00. The summed E-state index contributed by atoms with van der Waals surface area (Å²) in [6.45, 7) is 6.09. The summed E-state index contributed by atoms with van der Waals surface area (Å²) in [6.07, 6.45) is 3.51. The van der Waals surface area contributed by atoms with Crippen LogP contribution in [0.1, 0.15) is 41.5 Å². The molecule has 0 amide bonds. The number of fused-ring (bicyclic) bond motifs is 1. The standard InChI is InChI=1S/C28H24Cl2N8S/c1-15(2)38-13-24(36-37-38)28(25-6-17(10-31)14-39-25)35-20-7-21-26(34-19-5-4-16(3)22(29)8-19)18(11-32)12-33-27(21)23(30)9-20/h4-9,12-15,28,35-37H,1-3H3,(H,33,34)/t28-/m1/s1. The molecule has 1 aliphatic rings. The zero-order valence-corrected chi connectivity index (χ0v) is 23.6. The van der Waals surface area contributed by atoms with E-state index in [-0.39, 0.29) is 12.1 Å². The van der Waals surface area contributed by atoms with Gasteiger partial charge in [0.2, 0.25) is 0 Å². The number of aromatic nitrogens is 1. The molecule has 0 fully saturated rings. The van der Waals surface area contributed by atoms with Crippen molar-refractivity contribution in [2.45, 2.75) is 32.9 Å². The van der Waals surface area contributed by atoms with Crippen molar-refractivity contribution in [1.82, 2.24) is 21.0 Å². The first-order valence-corrected chi connectivity index (χ1v) is 13.7. The van der Waals surface area contributed by atoms with Crippen LogP contribution in [-0.2, 0) is 0 Å². The van der Waals surface area contributed by atoms with Crippen molar-refractivity contribution in [3.8, 4) is 12.1 Å². The molecule has 0 radical (unpaired) electrons. The minimum Gasteiger partial charge on any atom is -0.372 e. The van der Waals surface area contributed by atoms with Crippen molar-refractivity contribution >= 4 is 62.5 Å². The number of hydrogen-bond acceptors (Lipinski definition) is 9. The lowest BCUT2D eigenvalue weighted by Gasteiger charge is -2.21. The number of thiophene rings is 1. The van der Waals surface area contributed by atoms with Gasteiger partial charge in [0.1, 0.15) is 18.2 Å². The number of hydrogen-bond donors (Lipinski definition) is 4. The highest BCUT2D eigenvalue weighted by Crippen LogP contribution is 2.38. The number of rotatable bonds is 7. The van der Waals surface area contributed by atoms with Crippen LogP contribution in [0.15, 0.2) is 59.9 Å². The van der Waals surface area contributed by atoms with Gasteiger partial charge in [-0.15, -0.1) is 16.9 Å². The average Bonchev–Trinajstić information content (AvgIpc) is 3.60. The molecule has 0 bridgehead atoms. The Morgan fingerprint density at radius 2 is 1.85 bits per heavy atom. The van der Waals surface area contributed by atoms with E-state index in [1.54, 1.807) is 0 Å². The van der Waals surface area contributed by atoms with Crippen LogP contribution in [0.4, 0.5) is 17.1 Å². The van der Waals surface area contributed by atoms with Crippen LogP contribution in [0.3, 0.4) is 0 Å². The molecule has 11 heteroatoms. The van der Waals surface area contributed by atoms with Gasteiger partial charge in [0.15, 0.2) is 0 Å². The molecule has 196 valence electrons. The Kier molecular flexibility index (Phi) is 7.51. The third kappa shape index (κ3) is 5.44. The van der Waals surface area contributed by atoms with Crippen LogP contribution in [0, 0.1) is 29.6 Å².